The molecule has 0 aliphatic rings. The highest BCUT2D eigenvalue weighted by Gasteiger charge is 2.25. The average molecular weight is 393 g/mol. The summed E-state index contributed by atoms with van der Waals surface area (Å²) in [6, 6.07) is 0. The Labute approximate surface area is 163 Å². The maximum absolute atomic E-state index is 12.1. The zero-order chi connectivity index (χ0) is 21.5. The average Bonchev–Trinajstić information content (AvgIpc) is 2.35. The lowest BCUT2D eigenvalue weighted by atomic mass is 10.4. The first-order chi connectivity index (χ1) is 12.0. The Hall–Kier alpha value is -1.71. The molecular weight excluding hydrogens is 354 g/mol. The van der Waals surface area contributed by atoms with Crippen molar-refractivity contribution in [3.8, 4) is 0 Å². The summed E-state index contributed by atoms with van der Waals surface area (Å²) in [7, 11) is 16.8. The molecule has 0 rings (SSSR count). The lowest BCUT2D eigenvalue weighted by Gasteiger charge is -2.26. The summed E-state index contributed by atoms with van der Waals surface area (Å²) >= 11 is 0. The highest BCUT2D eigenvalue weighted by molar-refractivity contribution is 5.72. The minimum atomic E-state index is -0.836. The van der Waals surface area contributed by atoms with Crippen molar-refractivity contribution in [2.75, 3.05) is 96.3 Å². The second-order valence-electron chi connectivity index (χ2n) is 9.82. The van der Waals surface area contributed by atoms with Crippen molar-refractivity contribution in [3.05, 3.63) is 0 Å². The molecule has 0 fully saturated rings. The smallest absolute Gasteiger partial charge is 0.362 e. The Kier molecular flexibility index (Phi) is 9.37. The summed E-state index contributed by atoms with van der Waals surface area (Å²) in [4.78, 5) is 35.9. The van der Waals surface area contributed by atoms with Gasteiger partial charge in [-0.1, -0.05) is 0 Å². The predicted octanol–water partition coefficient (Wildman–Crippen LogP) is -0.897. The molecule has 0 aromatic rings. The summed E-state index contributed by atoms with van der Waals surface area (Å²) in [5.74, 6) is -1.27. The van der Waals surface area contributed by atoms with Crippen LogP contribution in [-0.4, -0.2) is 134 Å². The SMILES string of the molecule is C[N+](C)(C)CC(=O)OCC(COC(=O)C[N+](C)(C)C)OC(=O)C[N+](C)(C)C. The van der Waals surface area contributed by atoms with Crippen LogP contribution in [-0.2, 0) is 28.6 Å². The maximum atomic E-state index is 12.1. The molecule has 27 heavy (non-hydrogen) atoms. The van der Waals surface area contributed by atoms with Crippen LogP contribution in [0.3, 0.4) is 0 Å². The monoisotopic (exact) mass is 392 g/mol. The second kappa shape index (κ2) is 10.0. The van der Waals surface area contributed by atoms with Gasteiger partial charge in [0.1, 0.15) is 13.2 Å². The molecule has 0 unspecified atom stereocenters. The molecule has 0 N–H and O–H groups in total. The number of hydrogen-bond acceptors (Lipinski definition) is 6. The minimum absolute atomic E-state index is 0.149. The molecule has 0 heterocycles. The maximum Gasteiger partial charge on any atom is 0.362 e. The number of carbonyl (C=O) groups is 3. The van der Waals surface area contributed by atoms with E-state index in [1.165, 1.54) is 0 Å². The fourth-order valence-corrected chi connectivity index (χ4v) is 1.96. The van der Waals surface area contributed by atoms with Crippen molar-refractivity contribution in [1.29, 1.82) is 0 Å². The molecule has 0 spiro atoms. The third-order valence-corrected chi connectivity index (χ3v) is 2.97. The Morgan fingerprint density at radius 2 is 0.889 bits per heavy atom. The van der Waals surface area contributed by atoms with Gasteiger partial charge in [-0.05, 0) is 0 Å². The van der Waals surface area contributed by atoms with Gasteiger partial charge in [0.05, 0.1) is 63.4 Å². The molecule has 0 saturated heterocycles. The fourth-order valence-electron chi connectivity index (χ4n) is 1.96. The van der Waals surface area contributed by atoms with Crippen LogP contribution >= 0.6 is 0 Å². The highest BCUT2D eigenvalue weighted by atomic mass is 16.6. The first-order valence-corrected chi connectivity index (χ1v) is 8.89. The third-order valence-electron chi connectivity index (χ3n) is 2.97. The van der Waals surface area contributed by atoms with Crippen LogP contribution < -0.4 is 0 Å². The molecule has 9 nitrogen and oxygen atoms in total. The lowest BCUT2D eigenvalue weighted by molar-refractivity contribution is -0.863. The van der Waals surface area contributed by atoms with E-state index >= 15 is 0 Å². The fraction of sp³-hybridized carbons (Fsp3) is 0.833. The first-order valence-electron chi connectivity index (χ1n) is 8.89. The number of likely N-dealkylation sites (N-methyl/N-ethyl adjacent to an activating group) is 3. The molecule has 0 amide bonds. The van der Waals surface area contributed by atoms with Gasteiger partial charge in [-0.2, -0.15) is 0 Å². The first kappa shape index (κ1) is 25.3. The lowest BCUT2D eigenvalue weighted by Crippen LogP contribution is -2.44. The van der Waals surface area contributed by atoms with E-state index < -0.39 is 24.0 Å². The number of esters is 3. The highest BCUT2D eigenvalue weighted by Crippen LogP contribution is 2.02. The molecule has 158 valence electrons. The topological polar surface area (TPSA) is 78.9 Å². The number of ether oxygens (including phenoxy) is 3. The summed E-state index contributed by atoms with van der Waals surface area (Å²) < 4.78 is 17.0. The number of hydrogen-bond donors (Lipinski definition) is 0. The standard InChI is InChI=1S/C18H38N3O6/c1-19(2,3)10-16(22)25-13-15(27-18(24)12-21(7,8)9)14-26-17(23)11-20(4,5)6/h15H,10-14H2,1-9H3/q+3. The van der Waals surface area contributed by atoms with Crippen molar-refractivity contribution in [2.24, 2.45) is 0 Å². The summed E-state index contributed by atoms with van der Waals surface area (Å²) in [5.41, 5.74) is 0. The zero-order valence-corrected chi connectivity index (χ0v) is 18.4. The molecule has 0 atom stereocenters. The van der Waals surface area contributed by atoms with Crippen LogP contribution in [0, 0.1) is 0 Å². The van der Waals surface area contributed by atoms with Gasteiger partial charge in [-0.3, -0.25) is 0 Å². The van der Waals surface area contributed by atoms with Crippen molar-refractivity contribution < 1.29 is 42.0 Å². The van der Waals surface area contributed by atoms with E-state index in [2.05, 4.69) is 0 Å². The van der Waals surface area contributed by atoms with E-state index in [9.17, 15) is 14.4 Å². The third kappa shape index (κ3) is 16.2. The van der Waals surface area contributed by atoms with Gasteiger partial charge in [-0.25, -0.2) is 14.4 Å². The van der Waals surface area contributed by atoms with E-state index in [-0.39, 0.29) is 32.8 Å². The Balaban J connectivity index is 4.77. The molecule has 0 aliphatic carbocycles. The molecule has 0 aromatic carbocycles. The van der Waals surface area contributed by atoms with E-state index in [0.29, 0.717) is 13.4 Å². The summed E-state index contributed by atoms with van der Waals surface area (Å²) in [5, 5.41) is 0. The van der Waals surface area contributed by atoms with Crippen LogP contribution in [0.2, 0.25) is 0 Å². The van der Waals surface area contributed by atoms with Crippen molar-refractivity contribution >= 4 is 17.9 Å². The quantitative estimate of drug-likeness (QED) is 0.258. The van der Waals surface area contributed by atoms with Crippen molar-refractivity contribution in [1.82, 2.24) is 0 Å². The number of quaternary nitrogens is 3. The Morgan fingerprint density at radius 1 is 0.593 bits per heavy atom. The van der Waals surface area contributed by atoms with Crippen molar-refractivity contribution in [3.63, 3.8) is 0 Å². The van der Waals surface area contributed by atoms with E-state index in [1.807, 2.05) is 63.4 Å². The van der Waals surface area contributed by atoms with Crippen molar-refractivity contribution in [2.45, 2.75) is 6.10 Å². The minimum Gasteiger partial charge on any atom is -0.457 e. The normalized spacial score (nSPS) is 12.7. The van der Waals surface area contributed by atoms with Crippen LogP contribution in [0.1, 0.15) is 0 Å². The van der Waals surface area contributed by atoms with Crippen LogP contribution in [0.5, 0.6) is 0 Å². The van der Waals surface area contributed by atoms with Gasteiger partial charge in [0, 0.05) is 0 Å². The molecule has 0 aliphatic heterocycles. The van der Waals surface area contributed by atoms with E-state index in [1.54, 1.807) is 0 Å². The summed E-state index contributed by atoms with van der Waals surface area (Å²) in [6.45, 7) is 0.205. The molecule has 0 bridgehead atoms. The number of rotatable bonds is 11. The molecule has 0 aromatic heterocycles. The number of nitrogens with zero attached hydrogens (tertiary/aromatic N) is 3. The molecule has 0 radical (unpaired) electrons. The van der Waals surface area contributed by atoms with Gasteiger partial charge < -0.3 is 27.7 Å². The Bertz CT molecular complexity index is 483. The number of carbonyl (C=O) groups excluding carboxylic acids is 3. The summed E-state index contributed by atoms with van der Waals surface area (Å²) in [6.07, 6.45) is -0.836. The van der Waals surface area contributed by atoms with E-state index in [4.69, 9.17) is 14.2 Å². The van der Waals surface area contributed by atoms with Crippen LogP contribution in [0.25, 0.3) is 0 Å². The molecular formula is C18H38N3O6+3. The van der Waals surface area contributed by atoms with Gasteiger partial charge in [-0.15, -0.1) is 0 Å². The largest absolute Gasteiger partial charge is 0.457 e. The van der Waals surface area contributed by atoms with Crippen LogP contribution in [0.15, 0.2) is 0 Å². The van der Waals surface area contributed by atoms with Crippen LogP contribution in [0.4, 0.5) is 0 Å². The molecule has 0 saturated carbocycles. The van der Waals surface area contributed by atoms with E-state index in [0.717, 1.165) is 0 Å². The van der Waals surface area contributed by atoms with Gasteiger partial charge in [0.15, 0.2) is 25.7 Å². The van der Waals surface area contributed by atoms with Gasteiger partial charge in [0.2, 0.25) is 0 Å². The molecule has 9 heteroatoms. The van der Waals surface area contributed by atoms with Gasteiger partial charge in [0.25, 0.3) is 0 Å². The second-order valence-corrected chi connectivity index (χ2v) is 9.82. The Morgan fingerprint density at radius 3 is 1.19 bits per heavy atom. The zero-order valence-electron chi connectivity index (χ0n) is 18.4. The van der Waals surface area contributed by atoms with Gasteiger partial charge >= 0.3 is 17.9 Å². The predicted molar refractivity (Wildman–Crippen MR) is 100 cm³/mol.